The third kappa shape index (κ3) is 2.74. The van der Waals surface area contributed by atoms with Crippen LogP contribution in [0.25, 0.3) is 0 Å². The molecule has 0 bridgehead atoms. The molecule has 0 saturated heterocycles. The van der Waals surface area contributed by atoms with Crippen molar-refractivity contribution in [2.45, 2.75) is 10.9 Å². The van der Waals surface area contributed by atoms with Crippen LogP contribution in [-0.2, 0) is 9.84 Å². The first-order chi connectivity index (χ1) is 8.41. The molecule has 0 fully saturated rings. The molecule has 0 spiro atoms. The maximum atomic E-state index is 11.4. The summed E-state index contributed by atoms with van der Waals surface area (Å²) in [6.07, 6.45) is 3.96. The van der Waals surface area contributed by atoms with E-state index in [0.717, 1.165) is 11.1 Å². The van der Waals surface area contributed by atoms with E-state index in [2.05, 4.69) is 5.10 Å². The zero-order valence-electron chi connectivity index (χ0n) is 9.58. The van der Waals surface area contributed by atoms with Gasteiger partial charge in [0, 0.05) is 23.9 Å². The molecule has 0 aliphatic rings. The summed E-state index contributed by atoms with van der Waals surface area (Å²) in [7, 11) is -3.25. The molecule has 0 amide bonds. The van der Waals surface area contributed by atoms with Crippen LogP contribution in [0.2, 0.25) is 4.34 Å². The Kier molecular flexibility index (Phi) is 3.76. The smallest absolute Gasteiger partial charge is 0.178 e. The molecule has 1 atom stereocenters. The zero-order valence-corrected chi connectivity index (χ0v) is 12.0. The van der Waals surface area contributed by atoms with Crippen LogP contribution < -0.4 is 5.73 Å². The van der Waals surface area contributed by atoms with E-state index in [4.69, 9.17) is 17.3 Å². The Morgan fingerprint density at radius 1 is 1.56 bits per heavy atom. The third-order valence-electron chi connectivity index (χ3n) is 2.47. The van der Waals surface area contributed by atoms with Crippen LogP contribution in [-0.4, -0.2) is 31.0 Å². The van der Waals surface area contributed by atoms with Gasteiger partial charge in [-0.2, -0.15) is 5.10 Å². The number of nitrogens with two attached hydrogens (primary N) is 1. The first-order valence-electron chi connectivity index (χ1n) is 5.11. The van der Waals surface area contributed by atoms with Crippen molar-refractivity contribution in [1.82, 2.24) is 9.78 Å². The Balaban J connectivity index is 2.37. The van der Waals surface area contributed by atoms with Gasteiger partial charge in [-0.25, -0.2) is 8.42 Å². The molecule has 2 heterocycles. The highest BCUT2D eigenvalue weighted by Gasteiger charge is 2.18. The molecular weight excluding hydrogens is 294 g/mol. The van der Waals surface area contributed by atoms with Crippen LogP contribution in [0.15, 0.2) is 29.4 Å². The van der Waals surface area contributed by atoms with Crippen molar-refractivity contribution in [3.8, 4) is 0 Å². The number of hydrogen-bond donors (Lipinski definition) is 1. The Bertz CT molecular complexity index is 648. The lowest BCUT2D eigenvalue weighted by Crippen LogP contribution is -2.19. The quantitative estimate of drug-likeness (QED) is 0.929. The van der Waals surface area contributed by atoms with E-state index in [9.17, 15) is 8.42 Å². The Morgan fingerprint density at radius 3 is 2.72 bits per heavy atom. The highest BCUT2D eigenvalue weighted by Crippen LogP contribution is 2.28. The summed E-state index contributed by atoms with van der Waals surface area (Å²) in [5, 5.41) is 4.06. The molecular formula is C10H12ClN3O2S2. The highest BCUT2D eigenvalue weighted by molar-refractivity contribution is 7.90. The molecule has 2 rings (SSSR count). The molecule has 0 saturated carbocycles. The molecule has 18 heavy (non-hydrogen) atoms. The van der Waals surface area contributed by atoms with Crippen LogP contribution >= 0.6 is 22.9 Å². The first kappa shape index (κ1) is 13.5. The topological polar surface area (TPSA) is 78.0 Å². The normalized spacial score (nSPS) is 13.7. The maximum absolute atomic E-state index is 11.4. The Morgan fingerprint density at radius 2 is 2.28 bits per heavy atom. The molecule has 8 heteroatoms. The van der Waals surface area contributed by atoms with Crippen LogP contribution in [0.1, 0.15) is 10.9 Å². The zero-order chi connectivity index (χ0) is 13.3. The van der Waals surface area contributed by atoms with Crippen molar-refractivity contribution in [3.63, 3.8) is 0 Å². The lowest BCUT2D eigenvalue weighted by Gasteiger charge is -2.13. The van der Waals surface area contributed by atoms with Gasteiger partial charge < -0.3 is 5.73 Å². The van der Waals surface area contributed by atoms with Crippen LogP contribution in [0.3, 0.4) is 0 Å². The molecule has 2 aromatic rings. The highest BCUT2D eigenvalue weighted by atomic mass is 35.5. The predicted molar refractivity (Wildman–Crippen MR) is 71.9 cm³/mol. The summed E-state index contributed by atoms with van der Waals surface area (Å²) in [5.41, 5.74) is 5.72. The minimum absolute atomic E-state index is 0.184. The lowest BCUT2D eigenvalue weighted by molar-refractivity contribution is 0.538. The van der Waals surface area contributed by atoms with Gasteiger partial charge in [0.2, 0.25) is 0 Å². The van der Waals surface area contributed by atoms with Crippen molar-refractivity contribution in [2.24, 2.45) is 5.73 Å². The average molecular weight is 306 g/mol. The first-order valence-corrected chi connectivity index (χ1v) is 8.20. The van der Waals surface area contributed by atoms with E-state index in [1.807, 2.05) is 6.07 Å². The van der Waals surface area contributed by atoms with Gasteiger partial charge >= 0.3 is 0 Å². The van der Waals surface area contributed by atoms with Gasteiger partial charge in [-0.1, -0.05) is 11.6 Å². The number of rotatable bonds is 4. The number of aromatic nitrogens is 2. The number of hydrogen-bond acceptors (Lipinski definition) is 5. The number of sulfone groups is 1. The minimum atomic E-state index is -3.25. The summed E-state index contributed by atoms with van der Waals surface area (Å²) >= 11 is 7.29. The van der Waals surface area contributed by atoms with Gasteiger partial charge in [0.25, 0.3) is 0 Å². The number of halogens is 1. The van der Waals surface area contributed by atoms with Crippen molar-refractivity contribution in [2.75, 3.05) is 12.8 Å². The molecule has 0 aliphatic heterocycles. The van der Waals surface area contributed by atoms with Gasteiger partial charge in [-0.05, 0) is 12.1 Å². The second kappa shape index (κ2) is 5.00. The van der Waals surface area contributed by atoms with E-state index in [1.165, 1.54) is 23.7 Å². The lowest BCUT2D eigenvalue weighted by atomic mass is 10.2. The number of thiophene rings is 1. The maximum Gasteiger partial charge on any atom is 0.178 e. The average Bonchev–Trinajstić information content (AvgIpc) is 2.88. The van der Waals surface area contributed by atoms with Gasteiger partial charge in [-0.3, -0.25) is 4.68 Å². The van der Waals surface area contributed by atoms with E-state index in [-0.39, 0.29) is 10.9 Å². The van der Waals surface area contributed by atoms with Crippen molar-refractivity contribution >= 4 is 32.8 Å². The molecule has 1 unspecified atom stereocenters. The summed E-state index contributed by atoms with van der Waals surface area (Å²) in [5.74, 6) is 0. The monoisotopic (exact) mass is 305 g/mol. The van der Waals surface area contributed by atoms with Gasteiger partial charge in [0.15, 0.2) is 9.84 Å². The fourth-order valence-electron chi connectivity index (χ4n) is 1.54. The van der Waals surface area contributed by atoms with E-state index < -0.39 is 9.84 Å². The van der Waals surface area contributed by atoms with Gasteiger partial charge in [-0.15, -0.1) is 11.3 Å². The molecule has 2 N–H and O–H groups in total. The SMILES string of the molecule is CS(=O)(=O)c1cnn(C(CN)c2ccc(Cl)s2)c1. The van der Waals surface area contributed by atoms with Crippen molar-refractivity contribution in [1.29, 1.82) is 0 Å². The van der Waals surface area contributed by atoms with Crippen molar-refractivity contribution in [3.05, 3.63) is 33.7 Å². The van der Waals surface area contributed by atoms with E-state index >= 15 is 0 Å². The third-order valence-corrected chi connectivity index (χ3v) is 4.87. The molecule has 0 radical (unpaired) electrons. The van der Waals surface area contributed by atoms with Gasteiger partial charge in [0.05, 0.1) is 16.6 Å². The van der Waals surface area contributed by atoms with E-state index in [1.54, 1.807) is 10.7 Å². The van der Waals surface area contributed by atoms with Crippen LogP contribution in [0.4, 0.5) is 0 Å². The molecule has 2 aromatic heterocycles. The van der Waals surface area contributed by atoms with Crippen molar-refractivity contribution < 1.29 is 8.42 Å². The standard InChI is InChI=1S/C10H12ClN3O2S2/c1-18(15,16)7-5-13-14(6-7)8(4-12)9-2-3-10(11)17-9/h2-3,5-6,8H,4,12H2,1H3. The van der Waals surface area contributed by atoms with Crippen LogP contribution in [0, 0.1) is 0 Å². The molecule has 5 nitrogen and oxygen atoms in total. The second-order valence-corrected chi connectivity index (χ2v) is 7.58. The Labute approximate surface area is 114 Å². The molecule has 0 aromatic carbocycles. The predicted octanol–water partition coefficient (Wildman–Crippen LogP) is 1.55. The summed E-state index contributed by atoms with van der Waals surface area (Å²) < 4.78 is 25.0. The molecule has 98 valence electrons. The Hall–Kier alpha value is -0.890. The fourth-order valence-corrected chi connectivity index (χ4v) is 3.25. The van der Waals surface area contributed by atoms with Gasteiger partial charge in [0.1, 0.15) is 4.90 Å². The van der Waals surface area contributed by atoms with E-state index in [0.29, 0.717) is 10.9 Å². The summed E-state index contributed by atoms with van der Waals surface area (Å²) in [6, 6.07) is 3.45. The minimum Gasteiger partial charge on any atom is -0.328 e. The van der Waals surface area contributed by atoms with Crippen LogP contribution in [0.5, 0.6) is 0 Å². The molecule has 0 aliphatic carbocycles. The summed E-state index contributed by atoms with van der Waals surface area (Å²) in [6.45, 7) is 0.321. The summed E-state index contributed by atoms with van der Waals surface area (Å²) in [4.78, 5) is 1.13. The fraction of sp³-hybridized carbons (Fsp3) is 0.300. The number of nitrogens with zero attached hydrogens (tertiary/aromatic N) is 2. The largest absolute Gasteiger partial charge is 0.328 e. The second-order valence-electron chi connectivity index (χ2n) is 3.82.